The molecule has 1 aliphatic rings. The summed E-state index contributed by atoms with van der Waals surface area (Å²) in [5, 5.41) is 5.37. The Balaban J connectivity index is 1.51. The summed E-state index contributed by atoms with van der Waals surface area (Å²) in [6.07, 6.45) is 6.15. The SMILES string of the molecule is C=CC(=O)N1CCC[C@]1(C)Cn1nc(-c2ccc(Oc3ccccc3)cc2F)c2cncnc21. The first-order valence-corrected chi connectivity index (χ1v) is 11.1. The van der Waals surface area contributed by atoms with Gasteiger partial charge in [0.1, 0.15) is 29.3 Å². The summed E-state index contributed by atoms with van der Waals surface area (Å²) in [7, 11) is 0. The van der Waals surface area contributed by atoms with Crippen molar-refractivity contribution in [3.05, 3.63) is 79.5 Å². The molecule has 2 aromatic carbocycles. The van der Waals surface area contributed by atoms with Gasteiger partial charge in [0, 0.05) is 24.4 Å². The van der Waals surface area contributed by atoms with Crippen LogP contribution in [0.25, 0.3) is 22.3 Å². The molecule has 1 saturated heterocycles. The molecule has 1 aliphatic heterocycles. The van der Waals surface area contributed by atoms with E-state index < -0.39 is 11.4 Å². The van der Waals surface area contributed by atoms with Gasteiger partial charge in [-0.3, -0.25) is 4.79 Å². The lowest BCUT2D eigenvalue weighted by molar-refractivity contribution is -0.129. The van der Waals surface area contributed by atoms with Gasteiger partial charge in [-0.15, -0.1) is 0 Å². The first-order chi connectivity index (χ1) is 16.5. The Morgan fingerprint density at radius 3 is 2.82 bits per heavy atom. The summed E-state index contributed by atoms with van der Waals surface area (Å²) < 4.78 is 22.7. The van der Waals surface area contributed by atoms with Crippen molar-refractivity contribution in [3.63, 3.8) is 0 Å². The van der Waals surface area contributed by atoms with Gasteiger partial charge in [-0.1, -0.05) is 24.8 Å². The predicted octanol–water partition coefficient (Wildman–Crippen LogP) is 4.99. The van der Waals surface area contributed by atoms with E-state index in [1.165, 1.54) is 18.5 Å². The normalized spacial score (nSPS) is 17.8. The fourth-order valence-electron chi connectivity index (χ4n) is 4.60. The highest BCUT2D eigenvalue weighted by atomic mass is 19.1. The molecule has 1 amide bonds. The Labute approximate surface area is 196 Å². The number of para-hydroxylation sites is 1. The van der Waals surface area contributed by atoms with Gasteiger partial charge in [-0.25, -0.2) is 19.0 Å². The smallest absolute Gasteiger partial charge is 0.246 e. The van der Waals surface area contributed by atoms with Gasteiger partial charge in [-0.2, -0.15) is 5.10 Å². The lowest BCUT2D eigenvalue weighted by atomic mass is 9.99. The molecule has 0 aliphatic carbocycles. The zero-order valence-corrected chi connectivity index (χ0v) is 18.8. The molecule has 3 heterocycles. The van der Waals surface area contributed by atoms with Gasteiger partial charge in [0.05, 0.1) is 17.5 Å². The maximum atomic E-state index is 15.2. The van der Waals surface area contributed by atoms with Crippen LogP contribution in [-0.4, -0.2) is 42.6 Å². The molecule has 7 nitrogen and oxygen atoms in total. The fraction of sp³-hybridized carbons (Fsp3) is 0.231. The Kier molecular flexibility index (Phi) is 5.57. The van der Waals surface area contributed by atoms with E-state index in [4.69, 9.17) is 9.84 Å². The zero-order valence-electron chi connectivity index (χ0n) is 18.8. The number of hydrogen-bond acceptors (Lipinski definition) is 5. The van der Waals surface area contributed by atoms with Crippen molar-refractivity contribution >= 4 is 16.9 Å². The minimum atomic E-state index is -0.459. The van der Waals surface area contributed by atoms with E-state index >= 15 is 4.39 Å². The van der Waals surface area contributed by atoms with Crippen LogP contribution in [0.2, 0.25) is 0 Å². The Hall–Kier alpha value is -4.07. The molecular weight excluding hydrogens is 433 g/mol. The average molecular weight is 458 g/mol. The zero-order chi connectivity index (χ0) is 23.7. The molecule has 2 aromatic heterocycles. The maximum Gasteiger partial charge on any atom is 0.246 e. The largest absolute Gasteiger partial charge is 0.457 e. The fourth-order valence-corrected chi connectivity index (χ4v) is 4.60. The van der Waals surface area contributed by atoms with Crippen LogP contribution in [0, 0.1) is 5.82 Å². The first kappa shape index (κ1) is 21.8. The number of nitrogens with zero attached hydrogens (tertiary/aromatic N) is 5. The third-order valence-electron chi connectivity index (χ3n) is 6.27. The molecular formula is C26H24FN5O2. The number of halogens is 1. The van der Waals surface area contributed by atoms with Gasteiger partial charge in [-0.05, 0) is 50.1 Å². The van der Waals surface area contributed by atoms with Crippen LogP contribution in [0.1, 0.15) is 19.8 Å². The molecule has 0 unspecified atom stereocenters. The molecule has 0 bridgehead atoms. The summed E-state index contributed by atoms with van der Waals surface area (Å²) in [6.45, 7) is 6.76. The van der Waals surface area contributed by atoms with E-state index in [2.05, 4.69) is 16.5 Å². The predicted molar refractivity (Wildman–Crippen MR) is 127 cm³/mol. The molecule has 0 saturated carbocycles. The van der Waals surface area contributed by atoms with Crippen molar-refractivity contribution in [3.8, 4) is 22.8 Å². The molecule has 0 radical (unpaired) electrons. The quantitative estimate of drug-likeness (QED) is 0.381. The number of ether oxygens (including phenoxy) is 1. The standard InChI is InChI=1S/C26H24FN5O2/c1-3-23(33)31-13-7-12-26(31,2)16-32-25-21(15-28-17-29-25)24(30-32)20-11-10-19(14-22(20)27)34-18-8-5-4-6-9-18/h3-6,8-11,14-15,17H,1,7,12-13,16H2,2H3/t26-/m1/s1. The summed E-state index contributed by atoms with van der Waals surface area (Å²) in [4.78, 5) is 22.8. The molecule has 0 spiro atoms. The van der Waals surface area contributed by atoms with Gasteiger partial charge < -0.3 is 9.64 Å². The highest BCUT2D eigenvalue weighted by molar-refractivity contribution is 5.91. The van der Waals surface area contributed by atoms with Gasteiger partial charge in [0.15, 0.2) is 5.65 Å². The Morgan fingerprint density at radius 2 is 2.06 bits per heavy atom. The van der Waals surface area contributed by atoms with Crippen molar-refractivity contribution in [2.45, 2.75) is 31.8 Å². The number of benzene rings is 2. The van der Waals surface area contributed by atoms with E-state index in [-0.39, 0.29) is 5.91 Å². The highest BCUT2D eigenvalue weighted by Crippen LogP contribution is 2.35. The van der Waals surface area contributed by atoms with Crippen molar-refractivity contribution in [2.75, 3.05) is 6.54 Å². The number of aromatic nitrogens is 4. The number of carbonyl (C=O) groups excluding carboxylic acids is 1. The van der Waals surface area contributed by atoms with Crippen molar-refractivity contribution in [1.29, 1.82) is 0 Å². The minimum absolute atomic E-state index is 0.105. The third kappa shape index (κ3) is 3.91. The van der Waals surface area contributed by atoms with E-state index in [9.17, 15) is 4.79 Å². The first-order valence-electron chi connectivity index (χ1n) is 11.1. The number of fused-ring (bicyclic) bond motifs is 1. The van der Waals surface area contributed by atoms with Crippen LogP contribution in [0.3, 0.4) is 0 Å². The third-order valence-corrected chi connectivity index (χ3v) is 6.27. The number of amides is 1. The number of hydrogen-bond donors (Lipinski definition) is 0. The van der Waals surface area contributed by atoms with E-state index in [0.717, 1.165) is 12.8 Å². The molecule has 8 heteroatoms. The van der Waals surface area contributed by atoms with Crippen LogP contribution < -0.4 is 4.74 Å². The summed E-state index contributed by atoms with van der Waals surface area (Å²) in [6, 6.07) is 13.9. The van der Waals surface area contributed by atoms with Crippen LogP contribution in [0.15, 0.2) is 73.7 Å². The summed E-state index contributed by atoms with van der Waals surface area (Å²) >= 11 is 0. The minimum Gasteiger partial charge on any atom is -0.457 e. The molecule has 1 fully saturated rings. The number of rotatable bonds is 6. The van der Waals surface area contributed by atoms with Gasteiger partial charge in [0.25, 0.3) is 0 Å². The van der Waals surface area contributed by atoms with Crippen molar-refractivity contribution in [2.24, 2.45) is 0 Å². The Bertz CT molecular complexity index is 1370. The average Bonchev–Trinajstić information content (AvgIpc) is 3.40. The van der Waals surface area contributed by atoms with E-state index in [1.807, 2.05) is 42.2 Å². The molecule has 34 heavy (non-hydrogen) atoms. The summed E-state index contributed by atoms with van der Waals surface area (Å²) in [5.41, 5.74) is 0.920. The van der Waals surface area contributed by atoms with Crippen LogP contribution in [-0.2, 0) is 11.3 Å². The molecule has 172 valence electrons. The van der Waals surface area contributed by atoms with Crippen LogP contribution in [0.5, 0.6) is 11.5 Å². The number of carbonyl (C=O) groups is 1. The highest BCUT2D eigenvalue weighted by Gasteiger charge is 2.40. The van der Waals surface area contributed by atoms with E-state index in [1.54, 1.807) is 23.0 Å². The van der Waals surface area contributed by atoms with Gasteiger partial charge >= 0.3 is 0 Å². The second-order valence-corrected chi connectivity index (χ2v) is 8.62. The lowest BCUT2D eigenvalue weighted by Gasteiger charge is -2.34. The molecule has 4 aromatic rings. The van der Waals surface area contributed by atoms with Gasteiger partial charge in [0.2, 0.25) is 5.91 Å². The molecule has 0 N–H and O–H groups in total. The molecule has 1 atom stereocenters. The van der Waals surface area contributed by atoms with Crippen LogP contribution in [0.4, 0.5) is 4.39 Å². The topological polar surface area (TPSA) is 73.1 Å². The van der Waals surface area contributed by atoms with Crippen molar-refractivity contribution < 1.29 is 13.9 Å². The Morgan fingerprint density at radius 1 is 1.24 bits per heavy atom. The number of likely N-dealkylation sites (tertiary alicyclic amines) is 1. The monoisotopic (exact) mass is 457 g/mol. The van der Waals surface area contributed by atoms with Crippen molar-refractivity contribution in [1.82, 2.24) is 24.6 Å². The molecule has 5 rings (SSSR count). The summed E-state index contributed by atoms with van der Waals surface area (Å²) in [5.74, 6) is 0.455. The van der Waals surface area contributed by atoms with E-state index in [0.29, 0.717) is 46.9 Å². The van der Waals surface area contributed by atoms with Crippen LogP contribution >= 0.6 is 0 Å². The lowest BCUT2D eigenvalue weighted by Crippen LogP contribution is -2.47. The second-order valence-electron chi connectivity index (χ2n) is 8.62. The second kappa shape index (κ2) is 8.70. The maximum absolute atomic E-state index is 15.2.